The highest BCUT2D eigenvalue weighted by molar-refractivity contribution is 7.95. The summed E-state index contributed by atoms with van der Waals surface area (Å²) >= 11 is 0. The van der Waals surface area contributed by atoms with Crippen LogP contribution in [0, 0.1) is 17.2 Å². The molecule has 1 aliphatic heterocycles. The van der Waals surface area contributed by atoms with Gasteiger partial charge < -0.3 is 16.2 Å². The third-order valence-electron chi connectivity index (χ3n) is 5.98. The molecule has 0 fully saturated rings. The van der Waals surface area contributed by atoms with E-state index in [1.165, 1.54) is 13.0 Å². The van der Waals surface area contributed by atoms with Crippen molar-refractivity contribution in [2.45, 2.75) is 32.5 Å². The average molecular weight is 525 g/mol. The SMILES string of the molecule is CC1=C(C(N)=O)C(C2=C(S(=O)(=O)CCO)C=C(C#N)CC2C)NC(=O)N1c1cccc(C(F)(F)F)c1. The number of aliphatic hydroxyl groups excluding tert-OH is 1. The minimum atomic E-state index is -4.68. The van der Waals surface area contributed by atoms with Crippen molar-refractivity contribution in [1.82, 2.24) is 5.32 Å². The molecule has 4 N–H and O–H groups in total. The fourth-order valence-electron chi connectivity index (χ4n) is 4.42. The number of sulfone groups is 1. The third-order valence-corrected chi connectivity index (χ3v) is 7.72. The maximum atomic E-state index is 13.2. The minimum absolute atomic E-state index is 0.0794. The number of primary amides is 1. The summed E-state index contributed by atoms with van der Waals surface area (Å²) in [5, 5.41) is 21.1. The van der Waals surface area contributed by atoms with E-state index in [1.807, 2.05) is 6.07 Å². The number of hydrogen-bond donors (Lipinski definition) is 3. The molecule has 192 valence electrons. The standard InChI is InChI=1S/C23H23F3N4O5S/c1-12-8-14(11-27)9-17(36(34,35)7-6-31)18(12)20-19(21(28)32)13(2)30(22(33)29-20)16-5-3-4-15(10-16)23(24,25)26/h3-5,9-10,12,20,31H,6-8H2,1-2H3,(H2,28,32)(H,29,33). The van der Waals surface area contributed by atoms with Gasteiger partial charge in [-0.05, 0) is 49.1 Å². The van der Waals surface area contributed by atoms with Gasteiger partial charge >= 0.3 is 12.2 Å². The highest BCUT2D eigenvalue weighted by atomic mass is 32.2. The summed E-state index contributed by atoms with van der Waals surface area (Å²) in [4.78, 5) is 26.3. The molecule has 1 heterocycles. The summed E-state index contributed by atoms with van der Waals surface area (Å²) < 4.78 is 65.7. The van der Waals surface area contributed by atoms with Gasteiger partial charge in [-0.15, -0.1) is 0 Å². The lowest BCUT2D eigenvalue weighted by Crippen LogP contribution is -2.54. The van der Waals surface area contributed by atoms with Crippen molar-refractivity contribution >= 4 is 27.5 Å². The van der Waals surface area contributed by atoms with Crippen molar-refractivity contribution < 1.29 is 36.3 Å². The van der Waals surface area contributed by atoms with Gasteiger partial charge in [-0.1, -0.05) is 13.0 Å². The number of nitrogens with zero attached hydrogens (tertiary/aromatic N) is 2. The van der Waals surface area contributed by atoms with Crippen LogP contribution in [-0.4, -0.2) is 43.9 Å². The molecule has 0 spiro atoms. The zero-order valence-electron chi connectivity index (χ0n) is 19.3. The van der Waals surface area contributed by atoms with E-state index in [9.17, 15) is 41.5 Å². The van der Waals surface area contributed by atoms with Crippen molar-refractivity contribution in [2.24, 2.45) is 11.7 Å². The van der Waals surface area contributed by atoms with Crippen LogP contribution in [0.25, 0.3) is 0 Å². The van der Waals surface area contributed by atoms with Gasteiger partial charge in [-0.25, -0.2) is 13.2 Å². The lowest BCUT2D eigenvalue weighted by atomic mass is 9.80. The Morgan fingerprint density at radius 2 is 2.03 bits per heavy atom. The zero-order chi connectivity index (χ0) is 27.0. The van der Waals surface area contributed by atoms with E-state index in [2.05, 4.69) is 5.32 Å². The van der Waals surface area contributed by atoms with E-state index in [0.717, 1.165) is 29.2 Å². The monoisotopic (exact) mass is 524 g/mol. The van der Waals surface area contributed by atoms with Crippen LogP contribution >= 0.6 is 0 Å². The van der Waals surface area contributed by atoms with Crippen molar-refractivity contribution in [3.05, 3.63) is 63.2 Å². The van der Waals surface area contributed by atoms with Gasteiger partial charge in [0, 0.05) is 11.3 Å². The molecular formula is C23H23F3N4O5S. The molecule has 1 aromatic rings. The van der Waals surface area contributed by atoms with Crippen LogP contribution < -0.4 is 16.0 Å². The molecule has 13 heteroatoms. The second-order valence-corrected chi connectivity index (χ2v) is 10.5. The molecule has 0 aromatic heterocycles. The molecule has 3 rings (SSSR count). The van der Waals surface area contributed by atoms with Crippen molar-refractivity contribution in [3.8, 4) is 6.07 Å². The second-order valence-electron chi connectivity index (χ2n) is 8.38. The largest absolute Gasteiger partial charge is 0.416 e. The number of halogens is 3. The van der Waals surface area contributed by atoms with Crippen LogP contribution in [-0.2, 0) is 20.8 Å². The summed E-state index contributed by atoms with van der Waals surface area (Å²) in [6.07, 6.45) is -3.43. The number of alkyl halides is 3. The maximum Gasteiger partial charge on any atom is 0.416 e. The highest BCUT2D eigenvalue weighted by Gasteiger charge is 2.42. The van der Waals surface area contributed by atoms with Crippen LogP contribution in [0.2, 0.25) is 0 Å². The van der Waals surface area contributed by atoms with Crippen LogP contribution in [0.15, 0.2) is 57.7 Å². The molecule has 2 atom stereocenters. The number of anilines is 1. The Morgan fingerprint density at radius 1 is 1.36 bits per heavy atom. The van der Waals surface area contributed by atoms with Gasteiger partial charge in [0.05, 0.1) is 46.2 Å². The Morgan fingerprint density at radius 3 is 2.58 bits per heavy atom. The highest BCUT2D eigenvalue weighted by Crippen LogP contribution is 2.40. The quantitative estimate of drug-likeness (QED) is 0.520. The van der Waals surface area contributed by atoms with Gasteiger partial charge in [0.2, 0.25) is 5.91 Å². The van der Waals surface area contributed by atoms with E-state index in [0.29, 0.717) is 0 Å². The molecule has 0 saturated heterocycles. The van der Waals surface area contributed by atoms with Crippen LogP contribution in [0.3, 0.4) is 0 Å². The molecule has 1 aromatic carbocycles. The predicted molar refractivity (Wildman–Crippen MR) is 124 cm³/mol. The average Bonchev–Trinajstić information content (AvgIpc) is 2.77. The Bertz CT molecular complexity index is 1360. The van der Waals surface area contributed by atoms with Crippen molar-refractivity contribution in [2.75, 3.05) is 17.3 Å². The summed E-state index contributed by atoms with van der Waals surface area (Å²) in [6, 6.07) is 3.60. The summed E-state index contributed by atoms with van der Waals surface area (Å²) in [5.41, 5.74) is 4.36. The number of allylic oxidation sites excluding steroid dienone is 3. The van der Waals surface area contributed by atoms with Gasteiger partial charge in [-0.3, -0.25) is 9.69 Å². The smallest absolute Gasteiger partial charge is 0.395 e. The van der Waals surface area contributed by atoms with E-state index >= 15 is 0 Å². The number of urea groups is 1. The maximum absolute atomic E-state index is 13.2. The zero-order valence-corrected chi connectivity index (χ0v) is 20.1. The van der Waals surface area contributed by atoms with Crippen molar-refractivity contribution in [3.63, 3.8) is 0 Å². The normalized spacial score (nSPS) is 21.2. The van der Waals surface area contributed by atoms with E-state index in [1.54, 1.807) is 6.92 Å². The number of hydrogen-bond acceptors (Lipinski definition) is 6. The number of benzene rings is 1. The molecule has 0 radical (unpaired) electrons. The summed E-state index contributed by atoms with van der Waals surface area (Å²) in [7, 11) is -4.14. The summed E-state index contributed by atoms with van der Waals surface area (Å²) in [5.74, 6) is -2.33. The number of aliphatic hydroxyl groups is 1. The number of rotatable bonds is 6. The lowest BCUT2D eigenvalue weighted by Gasteiger charge is -2.39. The summed E-state index contributed by atoms with van der Waals surface area (Å²) in [6.45, 7) is 2.22. The first kappa shape index (κ1) is 27.0. The topological polar surface area (TPSA) is 154 Å². The van der Waals surface area contributed by atoms with E-state index < -0.39 is 57.8 Å². The molecule has 1 aliphatic carbocycles. The number of carbonyl (C=O) groups is 2. The number of nitriles is 1. The predicted octanol–water partition coefficient (Wildman–Crippen LogP) is 2.51. The molecule has 3 amide bonds. The fourth-order valence-corrected chi connectivity index (χ4v) is 5.88. The van der Waals surface area contributed by atoms with Crippen LogP contribution in [0.5, 0.6) is 0 Å². The van der Waals surface area contributed by atoms with E-state index in [-0.39, 0.29) is 39.4 Å². The Labute approximate surface area is 205 Å². The molecule has 9 nitrogen and oxygen atoms in total. The number of carbonyl (C=O) groups excluding carboxylic acids is 2. The van der Waals surface area contributed by atoms with Crippen LogP contribution in [0.1, 0.15) is 25.8 Å². The first-order valence-electron chi connectivity index (χ1n) is 10.7. The van der Waals surface area contributed by atoms with E-state index in [4.69, 9.17) is 5.73 Å². The Kier molecular flexibility index (Phi) is 7.33. The molecule has 0 bridgehead atoms. The number of nitrogens with two attached hydrogens (primary N) is 1. The van der Waals surface area contributed by atoms with Gasteiger partial charge in [0.1, 0.15) is 0 Å². The molecule has 2 unspecified atom stereocenters. The third kappa shape index (κ3) is 5.00. The lowest BCUT2D eigenvalue weighted by molar-refractivity contribution is -0.137. The molecule has 36 heavy (non-hydrogen) atoms. The molecule has 2 aliphatic rings. The van der Waals surface area contributed by atoms with Gasteiger partial charge in [-0.2, -0.15) is 18.4 Å². The Hall–Kier alpha value is -3.63. The minimum Gasteiger partial charge on any atom is -0.395 e. The van der Waals surface area contributed by atoms with Crippen LogP contribution in [0.4, 0.5) is 23.7 Å². The van der Waals surface area contributed by atoms with Gasteiger partial charge in [0.15, 0.2) is 9.84 Å². The Balaban J connectivity index is 2.27. The van der Waals surface area contributed by atoms with Gasteiger partial charge in [0.25, 0.3) is 0 Å². The first-order valence-corrected chi connectivity index (χ1v) is 12.3. The van der Waals surface area contributed by atoms with Crippen molar-refractivity contribution in [1.29, 1.82) is 5.26 Å². The fraction of sp³-hybridized carbons (Fsp3) is 0.348. The number of amides is 3. The first-order chi connectivity index (χ1) is 16.7. The molecule has 0 saturated carbocycles. The number of nitrogens with one attached hydrogen (secondary N) is 1. The molecular weight excluding hydrogens is 501 g/mol. The second kappa shape index (κ2) is 9.79.